The van der Waals surface area contributed by atoms with Gasteiger partial charge in [0.1, 0.15) is 5.52 Å². The topological polar surface area (TPSA) is 83.2 Å². The number of rotatable bonds is 6. The standard InChI is InChI=1S/C25H29N5O3/c1-28(2)10-9-26-20-8-7-19-21-22(20)24(31)18-6-4-3-5-17(18)23(21)27-30(25(19)32)12-11-29-13-15-33-16-14-29/h3-8,32H,9-16H2,1-2H3. The second-order valence-electron chi connectivity index (χ2n) is 8.79. The number of aromatic nitrogens is 2. The molecule has 0 bridgehead atoms. The number of morpholine rings is 1. The third-order valence-corrected chi connectivity index (χ3v) is 6.34. The summed E-state index contributed by atoms with van der Waals surface area (Å²) >= 11 is 0. The van der Waals surface area contributed by atoms with E-state index >= 15 is 0 Å². The number of fused-ring (bicyclic) bond motifs is 2. The van der Waals surface area contributed by atoms with Crippen molar-refractivity contribution in [3.63, 3.8) is 0 Å². The number of nitrogens with zero attached hydrogens (tertiary/aromatic N) is 5. The molecular formula is C25H29N5O3. The minimum Gasteiger partial charge on any atom is -0.493 e. The molecule has 1 aliphatic heterocycles. The van der Waals surface area contributed by atoms with Crippen LogP contribution in [0.1, 0.15) is 0 Å². The first-order valence-electron chi connectivity index (χ1n) is 11.4. The fourth-order valence-corrected chi connectivity index (χ4v) is 4.54. The molecule has 0 saturated carbocycles. The Morgan fingerprint density at radius 3 is 2.55 bits per heavy atom. The summed E-state index contributed by atoms with van der Waals surface area (Å²) in [4.78, 5) is 22.6. The van der Waals surface area contributed by atoms with E-state index in [0.29, 0.717) is 40.0 Å². The fraction of sp³-hybridized carbons (Fsp3) is 0.400. The molecule has 172 valence electrons. The zero-order chi connectivity index (χ0) is 22.9. The Kier molecular flexibility index (Phi) is 5.97. The monoisotopic (exact) mass is 447 g/mol. The minimum absolute atomic E-state index is 0.0698. The first kappa shape index (κ1) is 21.8. The van der Waals surface area contributed by atoms with Crippen molar-refractivity contribution in [2.75, 3.05) is 60.0 Å². The van der Waals surface area contributed by atoms with E-state index in [-0.39, 0.29) is 11.3 Å². The Labute approximate surface area is 191 Å². The van der Waals surface area contributed by atoms with Crippen molar-refractivity contribution in [2.24, 2.45) is 4.99 Å². The van der Waals surface area contributed by atoms with Gasteiger partial charge in [-0.25, -0.2) is 4.68 Å². The summed E-state index contributed by atoms with van der Waals surface area (Å²) in [6.45, 7) is 5.90. The van der Waals surface area contributed by atoms with Gasteiger partial charge in [0.15, 0.2) is 5.43 Å². The Bertz CT molecular complexity index is 1420. The lowest BCUT2D eigenvalue weighted by Gasteiger charge is -2.27. The fourth-order valence-electron chi connectivity index (χ4n) is 4.54. The maximum absolute atomic E-state index is 13.5. The molecule has 4 aromatic rings. The average molecular weight is 448 g/mol. The summed E-state index contributed by atoms with van der Waals surface area (Å²) in [5, 5.41) is 19.9. The lowest BCUT2D eigenvalue weighted by Crippen LogP contribution is -2.38. The van der Waals surface area contributed by atoms with Crippen LogP contribution in [0.25, 0.3) is 32.4 Å². The normalized spacial score (nSPS) is 16.0. The van der Waals surface area contributed by atoms with E-state index in [1.165, 1.54) is 0 Å². The number of hydrogen-bond donors (Lipinski definition) is 1. The second kappa shape index (κ2) is 9.05. The molecule has 5 rings (SSSR count). The van der Waals surface area contributed by atoms with Crippen LogP contribution in [0.4, 0.5) is 0 Å². The summed E-state index contributed by atoms with van der Waals surface area (Å²) in [7, 11) is 3.99. The molecule has 1 saturated heterocycles. The lowest BCUT2D eigenvalue weighted by atomic mass is 9.98. The Morgan fingerprint density at radius 1 is 1.03 bits per heavy atom. The highest BCUT2D eigenvalue weighted by atomic mass is 16.5. The van der Waals surface area contributed by atoms with E-state index in [0.717, 1.165) is 50.3 Å². The molecule has 8 nitrogen and oxygen atoms in total. The number of likely N-dealkylation sites (N-methyl/N-ethyl adjacent to an activating group) is 1. The Morgan fingerprint density at radius 2 is 1.79 bits per heavy atom. The van der Waals surface area contributed by atoms with Crippen LogP contribution >= 0.6 is 0 Å². The number of benzene rings is 3. The van der Waals surface area contributed by atoms with Crippen LogP contribution in [0.15, 0.2) is 46.2 Å². The summed E-state index contributed by atoms with van der Waals surface area (Å²) in [6, 6.07) is 11.3. The Balaban J connectivity index is 1.72. The van der Waals surface area contributed by atoms with E-state index in [4.69, 9.17) is 14.8 Å². The highest BCUT2D eigenvalue weighted by molar-refractivity contribution is 6.20. The second-order valence-corrected chi connectivity index (χ2v) is 8.79. The van der Waals surface area contributed by atoms with Gasteiger partial charge >= 0.3 is 0 Å². The van der Waals surface area contributed by atoms with Crippen molar-refractivity contribution >= 4 is 32.4 Å². The molecule has 1 N–H and O–H groups in total. The van der Waals surface area contributed by atoms with Gasteiger partial charge in [0, 0.05) is 47.7 Å². The molecule has 3 aromatic carbocycles. The first-order valence-corrected chi connectivity index (χ1v) is 11.4. The van der Waals surface area contributed by atoms with Crippen LogP contribution in [0.3, 0.4) is 0 Å². The van der Waals surface area contributed by atoms with Crippen LogP contribution in [0.2, 0.25) is 0 Å². The molecule has 1 aliphatic rings. The zero-order valence-electron chi connectivity index (χ0n) is 19.1. The third kappa shape index (κ3) is 4.06. The van der Waals surface area contributed by atoms with Crippen LogP contribution in [0, 0.1) is 0 Å². The van der Waals surface area contributed by atoms with Crippen LogP contribution < -0.4 is 10.8 Å². The number of aromatic hydroxyl groups is 1. The van der Waals surface area contributed by atoms with Gasteiger partial charge in [-0.2, -0.15) is 5.10 Å². The first-order chi connectivity index (χ1) is 16.0. The Hall–Kier alpha value is -3.07. The predicted octanol–water partition coefficient (Wildman–Crippen LogP) is 1.64. The van der Waals surface area contributed by atoms with Crippen molar-refractivity contribution in [1.29, 1.82) is 0 Å². The smallest absolute Gasteiger partial charge is 0.215 e. The molecule has 0 atom stereocenters. The molecule has 2 heterocycles. The van der Waals surface area contributed by atoms with E-state index in [9.17, 15) is 9.90 Å². The summed E-state index contributed by atoms with van der Waals surface area (Å²) in [6.07, 6.45) is 0. The highest BCUT2D eigenvalue weighted by Gasteiger charge is 2.19. The van der Waals surface area contributed by atoms with Crippen LogP contribution in [0.5, 0.6) is 5.88 Å². The molecule has 0 amide bonds. The van der Waals surface area contributed by atoms with Crippen LogP contribution in [-0.2, 0) is 11.3 Å². The largest absolute Gasteiger partial charge is 0.493 e. The molecule has 1 aromatic heterocycles. The lowest BCUT2D eigenvalue weighted by molar-refractivity contribution is 0.0357. The van der Waals surface area contributed by atoms with E-state index in [1.807, 2.05) is 50.5 Å². The average Bonchev–Trinajstić information content (AvgIpc) is 2.83. The van der Waals surface area contributed by atoms with E-state index < -0.39 is 0 Å². The van der Waals surface area contributed by atoms with Crippen molar-refractivity contribution < 1.29 is 9.84 Å². The molecule has 8 heteroatoms. The van der Waals surface area contributed by atoms with Crippen molar-refractivity contribution in [1.82, 2.24) is 19.6 Å². The molecule has 33 heavy (non-hydrogen) atoms. The van der Waals surface area contributed by atoms with Crippen molar-refractivity contribution in [3.8, 4) is 5.88 Å². The quantitative estimate of drug-likeness (QED) is 0.357. The molecule has 0 spiro atoms. The number of ether oxygens (including phenoxy) is 1. The molecule has 0 aliphatic carbocycles. The van der Waals surface area contributed by atoms with E-state index in [2.05, 4.69) is 9.80 Å². The number of hydrogen-bond acceptors (Lipinski definition) is 7. The third-order valence-electron chi connectivity index (χ3n) is 6.34. The van der Waals surface area contributed by atoms with Gasteiger partial charge < -0.3 is 14.7 Å². The van der Waals surface area contributed by atoms with Crippen molar-refractivity contribution in [3.05, 3.63) is 52.0 Å². The molecular weight excluding hydrogens is 418 g/mol. The van der Waals surface area contributed by atoms with Gasteiger partial charge in [0.2, 0.25) is 5.88 Å². The zero-order valence-corrected chi connectivity index (χ0v) is 19.1. The van der Waals surface area contributed by atoms with E-state index in [1.54, 1.807) is 4.68 Å². The highest BCUT2D eigenvalue weighted by Crippen LogP contribution is 2.32. The predicted molar refractivity (Wildman–Crippen MR) is 130 cm³/mol. The summed E-state index contributed by atoms with van der Waals surface area (Å²) < 4.78 is 7.09. The van der Waals surface area contributed by atoms with Crippen molar-refractivity contribution in [2.45, 2.75) is 6.54 Å². The molecule has 0 unspecified atom stereocenters. The van der Waals surface area contributed by atoms with Crippen LogP contribution in [-0.4, -0.2) is 84.7 Å². The van der Waals surface area contributed by atoms with Gasteiger partial charge in [0.05, 0.1) is 37.0 Å². The SMILES string of the molecule is CN(C)CCN=c1ccc2c(O)n(CCN3CCOCC3)nc3c4ccccc4c(=O)c1c23. The van der Waals surface area contributed by atoms with Gasteiger partial charge in [-0.1, -0.05) is 24.3 Å². The van der Waals surface area contributed by atoms with Gasteiger partial charge in [-0.05, 0) is 26.2 Å². The maximum Gasteiger partial charge on any atom is 0.215 e. The van der Waals surface area contributed by atoms with Gasteiger partial charge in [-0.15, -0.1) is 0 Å². The molecule has 1 fully saturated rings. The van der Waals surface area contributed by atoms with Gasteiger partial charge in [0.25, 0.3) is 0 Å². The summed E-state index contributed by atoms with van der Waals surface area (Å²) in [5.41, 5.74) is 0.652. The minimum atomic E-state index is -0.0698. The molecule has 0 radical (unpaired) electrons. The maximum atomic E-state index is 13.5. The van der Waals surface area contributed by atoms with Gasteiger partial charge in [-0.3, -0.25) is 14.7 Å². The summed E-state index contributed by atoms with van der Waals surface area (Å²) in [5.74, 6) is 0.0790.